The van der Waals surface area contributed by atoms with E-state index in [1.807, 2.05) is 44.2 Å². The summed E-state index contributed by atoms with van der Waals surface area (Å²) in [7, 11) is 0. The minimum absolute atomic E-state index is 0.140. The molecular formula is C16H16ClFO. The van der Waals surface area contributed by atoms with Crippen molar-refractivity contribution in [3.63, 3.8) is 0 Å². The monoisotopic (exact) mass is 278 g/mol. The molecule has 0 N–H and O–H groups in total. The Kier molecular flexibility index (Phi) is 4.43. The molecule has 0 aliphatic rings. The second-order valence-electron chi connectivity index (χ2n) is 4.65. The lowest BCUT2D eigenvalue weighted by Crippen LogP contribution is -2.05. The molecule has 0 amide bonds. The van der Waals surface area contributed by atoms with Gasteiger partial charge >= 0.3 is 0 Å². The van der Waals surface area contributed by atoms with Crippen LogP contribution in [-0.2, 0) is 0 Å². The highest BCUT2D eigenvalue weighted by molar-refractivity contribution is 6.22. The van der Waals surface area contributed by atoms with E-state index in [0.717, 1.165) is 16.9 Å². The number of halogens is 2. The van der Waals surface area contributed by atoms with Gasteiger partial charge in [-0.15, -0.1) is 11.6 Å². The fourth-order valence-corrected chi connectivity index (χ4v) is 2.13. The summed E-state index contributed by atoms with van der Waals surface area (Å²) in [6.07, 6.45) is 0.140. The van der Waals surface area contributed by atoms with E-state index in [1.165, 1.54) is 12.1 Å². The molecule has 100 valence electrons. The van der Waals surface area contributed by atoms with Gasteiger partial charge in [0.25, 0.3) is 0 Å². The summed E-state index contributed by atoms with van der Waals surface area (Å²) in [5.41, 5.74) is 1.67. The SMILES string of the molecule is CC(C)Oc1ccc(C(Cl)c2cccc(F)c2)cc1. The van der Waals surface area contributed by atoms with Gasteiger partial charge in [-0.1, -0.05) is 24.3 Å². The van der Waals surface area contributed by atoms with Crippen LogP contribution in [0.5, 0.6) is 5.75 Å². The first-order chi connectivity index (χ1) is 9.06. The van der Waals surface area contributed by atoms with Crippen LogP contribution in [0.4, 0.5) is 4.39 Å². The van der Waals surface area contributed by atoms with Crippen LogP contribution < -0.4 is 4.74 Å². The normalized spacial score (nSPS) is 12.5. The van der Waals surface area contributed by atoms with Crippen molar-refractivity contribution in [2.75, 3.05) is 0 Å². The number of hydrogen-bond donors (Lipinski definition) is 0. The van der Waals surface area contributed by atoms with Gasteiger partial charge < -0.3 is 4.74 Å². The molecule has 0 bridgehead atoms. The van der Waals surface area contributed by atoms with Crippen molar-refractivity contribution in [3.8, 4) is 5.75 Å². The Bertz CT molecular complexity index is 537. The Hall–Kier alpha value is -1.54. The molecule has 1 atom stereocenters. The largest absolute Gasteiger partial charge is 0.491 e. The average molecular weight is 279 g/mol. The van der Waals surface area contributed by atoms with Crippen LogP contribution in [0.3, 0.4) is 0 Å². The molecule has 1 unspecified atom stereocenters. The van der Waals surface area contributed by atoms with Gasteiger partial charge in [0.05, 0.1) is 11.5 Å². The van der Waals surface area contributed by atoms with E-state index in [-0.39, 0.29) is 17.3 Å². The second kappa shape index (κ2) is 6.07. The molecule has 0 spiro atoms. The molecule has 2 aromatic rings. The van der Waals surface area contributed by atoms with Gasteiger partial charge in [-0.25, -0.2) is 4.39 Å². The van der Waals surface area contributed by atoms with Gasteiger partial charge in [-0.2, -0.15) is 0 Å². The maximum Gasteiger partial charge on any atom is 0.123 e. The lowest BCUT2D eigenvalue weighted by molar-refractivity contribution is 0.242. The molecule has 0 heterocycles. The van der Waals surface area contributed by atoms with Crippen molar-refractivity contribution in [2.24, 2.45) is 0 Å². The highest BCUT2D eigenvalue weighted by Gasteiger charge is 2.11. The van der Waals surface area contributed by atoms with Gasteiger partial charge in [0.2, 0.25) is 0 Å². The third-order valence-corrected chi connectivity index (χ3v) is 3.19. The minimum atomic E-state index is -0.358. The van der Waals surface area contributed by atoms with E-state index < -0.39 is 0 Å². The predicted octanol–water partition coefficient (Wildman–Crippen LogP) is 4.94. The fourth-order valence-electron chi connectivity index (χ4n) is 1.84. The molecule has 3 heteroatoms. The lowest BCUT2D eigenvalue weighted by Gasteiger charge is -2.13. The zero-order valence-electron chi connectivity index (χ0n) is 10.9. The van der Waals surface area contributed by atoms with Gasteiger partial charge in [0.15, 0.2) is 0 Å². The third-order valence-electron chi connectivity index (χ3n) is 2.69. The first-order valence-electron chi connectivity index (χ1n) is 6.22. The Balaban J connectivity index is 2.17. The molecule has 2 aromatic carbocycles. The Morgan fingerprint density at radius 2 is 1.68 bits per heavy atom. The van der Waals surface area contributed by atoms with Gasteiger partial charge in [-0.05, 0) is 49.2 Å². The van der Waals surface area contributed by atoms with Gasteiger partial charge in [-0.3, -0.25) is 0 Å². The summed E-state index contributed by atoms with van der Waals surface area (Å²) >= 11 is 6.35. The number of alkyl halides is 1. The molecule has 0 aliphatic heterocycles. The van der Waals surface area contributed by atoms with Crippen LogP contribution in [0.25, 0.3) is 0 Å². The van der Waals surface area contributed by atoms with E-state index >= 15 is 0 Å². The lowest BCUT2D eigenvalue weighted by atomic mass is 10.0. The van der Waals surface area contributed by atoms with Crippen LogP contribution in [0.2, 0.25) is 0 Å². The Morgan fingerprint density at radius 3 is 2.26 bits per heavy atom. The van der Waals surface area contributed by atoms with Crippen molar-refractivity contribution < 1.29 is 9.13 Å². The van der Waals surface area contributed by atoms with Gasteiger partial charge in [0, 0.05) is 0 Å². The van der Waals surface area contributed by atoms with Crippen LogP contribution in [0.15, 0.2) is 48.5 Å². The van der Waals surface area contributed by atoms with Crippen molar-refractivity contribution in [3.05, 3.63) is 65.5 Å². The van der Waals surface area contributed by atoms with Crippen molar-refractivity contribution >= 4 is 11.6 Å². The molecule has 2 rings (SSSR count). The van der Waals surface area contributed by atoms with Crippen LogP contribution in [0, 0.1) is 5.82 Å². The number of rotatable bonds is 4. The van der Waals surface area contributed by atoms with Crippen molar-refractivity contribution in [2.45, 2.75) is 25.3 Å². The molecule has 19 heavy (non-hydrogen) atoms. The smallest absolute Gasteiger partial charge is 0.123 e. The molecule has 0 aliphatic carbocycles. The van der Waals surface area contributed by atoms with E-state index in [2.05, 4.69) is 0 Å². The molecule has 0 aromatic heterocycles. The molecular weight excluding hydrogens is 263 g/mol. The first-order valence-corrected chi connectivity index (χ1v) is 6.66. The third kappa shape index (κ3) is 3.71. The highest BCUT2D eigenvalue weighted by atomic mass is 35.5. The number of ether oxygens (including phenoxy) is 1. The Morgan fingerprint density at radius 1 is 1.00 bits per heavy atom. The average Bonchev–Trinajstić information content (AvgIpc) is 2.38. The predicted molar refractivity (Wildman–Crippen MR) is 76.3 cm³/mol. The number of benzene rings is 2. The standard InChI is InChI=1S/C16H16ClFO/c1-11(2)19-15-8-6-12(7-9-15)16(17)13-4-3-5-14(18)10-13/h3-11,16H,1-2H3. The van der Waals surface area contributed by atoms with E-state index in [1.54, 1.807) is 6.07 Å². The summed E-state index contributed by atoms with van der Waals surface area (Å²) in [6, 6.07) is 13.9. The first kappa shape index (κ1) is 13.9. The summed E-state index contributed by atoms with van der Waals surface area (Å²) in [5.74, 6) is 0.532. The molecule has 0 saturated heterocycles. The van der Waals surface area contributed by atoms with E-state index in [9.17, 15) is 4.39 Å². The molecule has 1 nitrogen and oxygen atoms in total. The highest BCUT2D eigenvalue weighted by Crippen LogP contribution is 2.30. The fraction of sp³-hybridized carbons (Fsp3) is 0.250. The van der Waals surface area contributed by atoms with Gasteiger partial charge in [0.1, 0.15) is 11.6 Å². The molecule has 0 fully saturated rings. The van der Waals surface area contributed by atoms with Crippen LogP contribution in [-0.4, -0.2) is 6.10 Å². The summed E-state index contributed by atoms with van der Waals surface area (Å²) < 4.78 is 18.7. The van der Waals surface area contributed by atoms with E-state index in [4.69, 9.17) is 16.3 Å². The van der Waals surface area contributed by atoms with Crippen molar-refractivity contribution in [1.82, 2.24) is 0 Å². The number of hydrogen-bond acceptors (Lipinski definition) is 1. The summed E-state index contributed by atoms with van der Waals surface area (Å²) in [6.45, 7) is 3.95. The van der Waals surface area contributed by atoms with Crippen molar-refractivity contribution in [1.29, 1.82) is 0 Å². The second-order valence-corrected chi connectivity index (χ2v) is 5.09. The summed E-state index contributed by atoms with van der Waals surface area (Å²) in [5, 5.41) is -0.358. The Labute approximate surface area is 118 Å². The van der Waals surface area contributed by atoms with Crippen LogP contribution >= 0.6 is 11.6 Å². The van der Waals surface area contributed by atoms with E-state index in [0.29, 0.717) is 0 Å². The molecule has 0 saturated carbocycles. The quantitative estimate of drug-likeness (QED) is 0.720. The van der Waals surface area contributed by atoms with Crippen LogP contribution in [0.1, 0.15) is 30.4 Å². The summed E-state index contributed by atoms with van der Waals surface area (Å²) in [4.78, 5) is 0. The minimum Gasteiger partial charge on any atom is -0.491 e. The zero-order chi connectivity index (χ0) is 13.8. The zero-order valence-corrected chi connectivity index (χ0v) is 11.7. The molecule has 0 radical (unpaired) electrons. The maximum absolute atomic E-state index is 13.2. The maximum atomic E-state index is 13.2. The topological polar surface area (TPSA) is 9.23 Å².